The molecule has 1 heterocycles. The van der Waals surface area contributed by atoms with Gasteiger partial charge in [-0.05, 0) is 45.6 Å². The Bertz CT molecular complexity index is 460. The first-order valence-corrected chi connectivity index (χ1v) is 7.46. The normalized spacial score (nSPS) is 23.1. The van der Waals surface area contributed by atoms with Gasteiger partial charge in [0.05, 0.1) is 12.2 Å². The molecule has 112 valence electrons. The molecule has 5 heteroatoms. The minimum absolute atomic E-state index is 0.0362. The molecule has 1 amide bonds. The van der Waals surface area contributed by atoms with Crippen molar-refractivity contribution in [1.29, 1.82) is 0 Å². The number of anilines is 1. The lowest BCUT2D eigenvalue weighted by molar-refractivity contribution is -0.117. The third kappa shape index (κ3) is 3.82. The van der Waals surface area contributed by atoms with Crippen LogP contribution in [-0.4, -0.2) is 40.2 Å². The topological polar surface area (TPSA) is 50.2 Å². The fourth-order valence-corrected chi connectivity index (χ4v) is 2.95. The lowest BCUT2D eigenvalue weighted by Gasteiger charge is -2.33. The first-order valence-electron chi connectivity index (χ1n) is 7.46. The van der Waals surface area contributed by atoms with Crippen molar-refractivity contribution in [2.45, 2.75) is 45.6 Å². The van der Waals surface area contributed by atoms with E-state index in [4.69, 9.17) is 0 Å². The fourth-order valence-electron chi connectivity index (χ4n) is 2.95. The number of hydrogen-bond donors (Lipinski definition) is 1. The van der Waals surface area contributed by atoms with Crippen LogP contribution in [0, 0.1) is 12.8 Å². The number of nitrogens with zero attached hydrogens (tertiary/aromatic N) is 3. The standard InChI is InChI=1S/C15H26N4O/c1-11-5-7-13(8-6-11)18(3)10-15(20)16-14-9-12(2)17-19(14)4/h9,11,13H,5-8,10H2,1-4H3,(H,16,20). The van der Waals surface area contributed by atoms with Gasteiger partial charge in [-0.15, -0.1) is 0 Å². The minimum atomic E-state index is 0.0362. The summed E-state index contributed by atoms with van der Waals surface area (Å²) in [7, 11) is 3.89. The highest BCUT2D eigenvalue weighted by Crippen LogP contribution is 2.26. The van der Waals surface area contributed by atoms with Crippen molar-refractivity contribution in [2.75, 3.05) is 18.9 Å². The zero-order chi connectivity index (χ0) is 14.7. The number of rotatable bonds is 4. The van der Waals surface area contributed by atoms with E-state index < -0.39 is 0 Å². The molecule has 1 N–H and O–H groups in total. The van der Waals surface area contributed by atoms with Gasteiger partial charge >= 0.3 is 0 Å². The molecule has 2 rings (SSSR count). The third-order valence-corrected chi connectivity index (χ3v) is 4.27. The summed E-state index contributed by atoms with van der Waals surface area (Å²) in [6.07, 6.45) is 4.96. The van der Waals surface area contributed by atoms with Crippen molar-refractivity contribution in [1.82, 2.24) is 14.7 Å². The molecule has 1 fully saturated rings. The number of likely N-dealkylation sites (N-methyl/N-ethyl adjacent to an activating group) is 1. The van der Waals surface area contributed by atoms with Gasteiger partial charge in [-0.1, -0.05) is 6.92 Å². The molecule has 1 aromatic rings. The number of nitrogens with one attached hydrogen (secondary N) is 1. The predicted molar refractivity (Wildman–Crippen MR) is 80.6 cm³/mol. The average molecular weight is 278 g/mol. The van der Waals surface area contributed by atoms with Crippen LogP contribution in [0.4, 0.5) is 5.82 Å². The highest BCUT2D eigenvalue weighted by molar-refractivity contribution is 5.91. The zero-order valence-corrected chi connectivity index (χ0v) is 13.0. The Morgan fingerprint density at radius 2 is 2.10 bits per heavy atom. The zero-order valence-electron chi connectivity index (χ0n) is 13.0. The van der Waals surface area contributed by atoms with E-state index in [0.29, 0.717) is 12.6 Å². The summed E-state index contributed by atoms with van der Waals surface area (Å²) >= 11 is 0. The van der Waals surface area contributed by atoms with Crippen molar-refractivity contribution < 1.29 is 4.79 Å². The van der Waals surface area contributed by atoms with Crippen molar-refractivity contribution in [3.8, 4) is 0 Å². The molecular weight excluding hydrogens is 252 g/mol. The maximum absolute atomic E-state index is 12.1. The largest absolute Gasteiger partial charge is 0.310 e. The first kappa shape index (κ1) is 15.0. The lowest BCUT2D eigenvalue weighted by atomic mass is 9.87. The van der Waals surface area contributed by atoms with Gasteiger partial charge in [-0.25, -0.2) is 0 Å². The maximum Gasteiger partial charge on any atom is 0.239 e. The van der Waals surface area contributed by atoms with Crippen molar-refractivity contribution in [3.63, 3.8) is 0 Å². The number of carbonyl (C=O) groups excluding carboxylic acids is 1. The van der Waals surface area contributed by atoms with E-state index in [2.05, 4.69) is 29.3 Å². The second-order valence-corrected chi connectivity index (χ2v) is 6.17. The summed E-state index contributed by atoms with van der Waals surface area (Å²) in [5.41, 5.74) is 0.914. The Balaban J connectivity index is 1.83. The van der Waals surface area contributed by atoms with E-state index in [-0.39, 0.29) is 5.91 Å². The van der Waals surface area contributed by atoms with E-state index in [1.165, 1.54) is 25.7 Å². The van der Waals surface area contributed by atoms with Gasteiger partial charge in [0.2, 0.25) is 5.91 Å². The fraction of sp³-hybridized carbons (Fsp3) is 0.733. The molecule has 1 aliphatic rings. The Morgan fingerprint density at radius 3 is 2.65 bits per heavy atom. The SMILES string of the molecule is Cc1cc(NC(=O)CN(C)C2CCC(C)CC2)n(C)n1. The van der Waals surface area contributed by atoms with E-state index in [1.54, 1.807) is 4.68 Å². The Labute approximate surface area is 121 Å². The Morgan fingerprint density at radius 1 is 1.45 bits per heavy atom. The maximum atomic E-state index is 12.1. The molecule has 1 aliphatic carbocycles. The summed E-state index contributed by atoms with van der Waals surface area (Å²) < 4.78 is 1.70. The molecule has 1 aromatic heterocycles. The Kier molecular flexibility index (Phi) is 4.81. The summed E-state index contributed by atoms with van der Waals surface area (Å²) in [6, 6.07) is 2.44. The van der Waals surface area contributed by atoms with Crippen LogP contribution in [0.15, 0.2) is 6.07 Å². The molecule has 1 saturated carbocycles. The highest BCUT2D eigenvalue weighted by Gasteiger charge is 2.23. The number of hydrogen-bond acceptors (Lipinski definition) is 3. The second kappa shape index (κ2) is 6.39. The van der Waals surface area contributed by atoms with Crippen LogP contribution >= 0.6 is 0 Å². The quantitative estimate of drug-likeness (QED) is 0.918. The summed E-state index contributed by atoms with van der Waals surface area (Å²) in [4.78, 5) is 14.3. The monoisotopic (exact) mass is 278 g/mol. The van der Waals surface area contributed by atoms with Gasteiger partial charge in [-0.2, -0.15) is 5.10 Å². The summed E-state index contributed by atoms with van der Waals surface area (Å²) in [5, 5.41) is 7.16. The molecule has 0 bridgehead atoms. The van der Waals surface area contributed by atoms with Crippen LogP contribution in [0.25, 0.3) is 0 Å². The molecule has 0 aromatic carbocycles. The Hall–Kier alpha value is -1.36. The molecule has 0 radical (unpaired) electrons. The van der Waals surface area contributed by atoms with Gasteiger partial charge in [0.15, 0.2) is 0 Å². The van der Waals surface area contributed by atoms with E-state index in [0.717, 1.165) is 17.4 Å². The lowest BCUT2D eigenvalue weighted by Crippen LogP contribution is -2.40. The van der Waals surface area contributed by atoms with Crippen LogP contribution in [0.3, 0.4) is 0 Å². The molecule has 0 aliphatic heterocycles. The van der Waals surface area contributed by atoms with Crippen molar-refractivity contribution in [3.05, 3.63) is 11.8 Å². The van der Waals surface area contributed by atoms with Crippen LogP contribution in [0.1, 0.15) is 38.3 Å². The summed E-state index contributed by atoms with van der Waals surface area (Å²) in [6.45, 7) is 4.68. The van der Waals surface area contributed by atoms with E-state index in [9.17, 15) is 4.79 Å². The van der Waals surface area contributed by atoms with Crippen LogP contribution < -0.4 is 5.32 Å². The van der Waals surface area contributed by atoms with E-state index in [1.807, 2.05) is 20.0 Å². The molecule has 0 spiro atoms. The average Bonchev–Trinajstić information content (AvgIpc) is 2.68. The smallest absolute Gasteiger partial charge is 0.239 e. The number of aromatic nitrogens is 2. The van der Waals surface area contributed by atoms with Gasteiger partial charge in [0.1, 0.15) is 5.82 Å². The summed E-state index contributed by atoms with van der Waals surface area (Å²) in [5.74, 6) is 1.64. The molecule has 0 unspecified atom stereocenters. The van der Waals surface area contributed by atoms with Gasteiger partial charge in [0.25, 0.3) is 0 Å². The minimum Gasteiger partial charge on any atom is -0.310 e. The van der Waals surface area contributed by atoms with Crippen molar-refractivity contribution in [2.24, 2.45) is 13.0 Å². The van der Waals surface area contributed by atoms with Crippen LogP contribution in [0.5, 0.6) is 0 Å². The van der Waals surface area contributed by atoms with Gasteiger partial charge < -0.3 is 5.32 Å². The van der Waals surface area contributed by atoms with Crippen molar-refractivity contribution >= 4 is 11.7 Å². The number of carbonyl (C=O) groups is 1. The number of amides is 1. The molecule has 0 saturated heterocycles. The van der Waals surface area contributed by atoms with Gasteiger partial charge in [0, 0.05) is 19.2 Å². The van der Waals surface area contributed by atoms with E-state index >= 15 is 0 Å². The van der Waals surface area contributed by atoms with Crippen LogP contribution in [-0.2, 0) is 11.8 Å². The first-order chi connectivity index (χ1) is 9.45. The molecular formula is C15H26N4O. The predicted octanol–water partition coefficient (Wildman–Crippen LogP) is 2.18. The van der Waals surface area contributed by atoms with Gasteiger partial charge in [-0.3, -0.25) is 14.4 Å². The third-order valence-electron chi connectivity index (χ3n) is 4.27. The second-order valence-electron chi connectivity index (χ2n) is 6.17. The molecule has 0 atom stereocenters. The number of aryl methyl sites for hydroxylation is 2. The highest BCUT2D eigenvalue weighted by atomic mass is 16.2. The van der Waals surface area contributed by atoms with Crippen LogP contribution in [0.2, 0.25) is 0 Å². The molecule has 5 nitrogen and oxygen atoms in total. The molecule has 20 heavy (non-hydrogen) atoms.